The molecule has 1 unspecified atom stereocenters. The Labute approximate surface area is 123 Å². The van der Waals surface area contributed by atoms with Crippen LogP contribution in [-0.2, 0) is 9.59 Å². The highest BCUT2D eigenvalue weighted by Gasteiger charge is 2.34. The van der Waals surface area contributed by atoms with Gasteiger partial charge in [-0.25, -0.2) is 0 Å². The number of nitrogens with two attached hydrogens (primary N) is 1. The Morgan fingerprint density at radius 2 is 2.10 bits per heavy atom. The van der Waals surface area contributed by atoms with Crippen LogP contribution in [0.5, 0.6) is 5.75 Å². The molecule has 1 aromatic rings. The first-order valence-electron chi connectivity index (χ1n) is 7.22. The maximum Gasteiger partial charge on any atom is 0.268 e. The summed E-state index contributed by atoms with van der Waals surface area (Å²) in [6.07, 6.45) is 1.43. The maximum absolute atomic E-state index is 12.3. The van der Waals surface area contributed by atoms with Crippen LogP contribution in [0.2, 0.25) is 0 Å². The summed E-state index contributed by atoms with van der Waals surface area (Å²) in [4.78, 5) is 28.0. The Bertz CT molecular complexity index is 582. The van der Waals surface area contributed by atoms with Crippen molar-refractivity contribution in [3.05, 3.63) is 18.2 Å². The molecule has 1 atom stereocenters. The molecule has 0 bridgehead atoms. The van der Waals surface area contributed by atoms with Gasteiger partial charge in [0, 0.05) is 13.1 Å². The van der Waals surface area contributed by atoms with Crippen molar-refractivity contribution < 1.29 is 14.3 Å². The quantitative estimate of drug-likeness (QED) is 0.824. The van der Waals surface area contributed by atoms with Gasteiger partial charge in [0.2, 0.25) is 5.91 Å². The molecule has 2 amide bonds. The van der Waals surface area contributed by atoms with E-state index in [0.29, 0.717) is 17.1 Å². The van der Waals surface area contributed by atoms with E-state index in [1.54, 1.807) is 30.0 Å². The van der Waals surface area contributed by atoms with Crippen LogP contribution < -0.4 is 15.4 Å². The molecule has 0 radical (unpaired) electrons. The van der Waals surface area contributed by atoms with Crippen LogP contribution in [0.4, 0.5) is 11.4 Å². The fourth-order valence-corrected chi connectivity index (χ4v) is 2.81. The molecular weight excluding hydrogens is 270 g/mol. The second kappa shape index (κ2) is 5.27. The summed E-state index contributed by atoms with van der Waals surface area (Å²) in [6, 6.07) is 5.24. The van der Waals surface area contributed by atoms with E-state index in [-0.39, 0.29) is 18.4 Å². The molecule has 0 spiro atoms. The summed E-state index contributed by atoms with van der Waals surface area (Å²) in [5.74, 6) is 0.253. The first-order chi connectivity index (χ1) is 10.1. The number of para-hydroxylation sites is 1. The average Bonchev–Trinajstić information content (AvgIpc) is 2.99. The second-order valence-corrected chi connectivity index (χ2v) is 5.47. The summed E-state index contributed by atoms with van der Waals surface area (Å²) in [5, 5.41) is 0. The number of carbonyl (C=O) groups is 2. The summed E-state index contributed by atoms with van der Waals surface area (Å²) in [6.45, 7) is 3.27. The molecule has 1 fully saturated rings. The third-order valence-electron chi connectivity index (χ3n) is 3.98. The summed E-state index contributed by atoms with van der Waals surface area (Å²) in [5.41, 5.74) is 6.96. The predicted molar refractivity (Wildman–Crippen MR) is 79.1 cm³/mol. The van der Waals surface area contributed by atoms with Gasteiger partial charge in [0.05, 0.1) is 11.4 Å². The highest BCUT2D eigenvalue weighted by atomic mass is 16.5. The van der Waals surface area contributed by atoms with Gasteiger partial charge in [-0.3, -0.25) is 14.5 Å². The zero-order valence-electron chi connectivity index (χ0n) is 12.0. The number of amides is 2. The van der Waals surface area contributed by atoms with Crippen LogP contribution in [0.1, 0.15) is 19.8 Å². The second-order valence-electron chi connectivity index (χ2n) is 5.47. The molecule has 0 aromatic heterocycles. The largest absolute Gasteiger partial charge is 0.477 e. The van der Waals surface area contributed by atoms with Gasteiger partial charge in [-0.05, 0) is 31.9 Å². The number of hydrogen-bond donors (Lipinski definition) is 1. The monoisotopic (exact) mass is 289 g/mol. The molecule has 112 valence electrons. The van der Waals surface area contributed by atoms with Gasteiger partial charge < -0.3 is 15.4 Å². The molecule has 2 aliphatic heterocycles. The zero-order chi connectivity index (χ0) is 15.0. The van der Waals surface area contributed by atoms with Crippen molar-refractivity contribution in [2.75, 3.05) is 30.3 Å². The number of ether oxygens (including phenoxy) is 1. The molecule has 0 aliphatic carbocycles. The predicted octanol–water partition coefficient (Wildman–Crippen LogP) is 1.01. The molecule has 1 saturated heterocycles. The lowest BCUT2D eigenvalue weighted by Gasteiger charge is -2.34. The smallest absolute Gasteiger partial charge is 0.268 e. The van der Waals surface area contributed by atoms with Crippen LogP contribution in [-0.4, -0.2) is 42.5 Å². The van der Waals surface area contributed by atoms with Crippen molar-refractivity contribution in [1.82, 2.24) is 4.90 Å². The molecule has 2 aliphatic rings. The van der Waals surface area contributed by atoms with E-state index in [1.807, 2.05) is 0 Å². The summed E-state index contributed by atoms with van der Waals surface area (Å²) in [7, 11) is 0. The van der Waals surface area contributed by atoms with Crippen molar-refractivity contribution in [3.63, 3.8) is 0 Å². The molecular formula is C15H19N3O3. The van der Waals surface area contributed by atoms with E-state index in [2.05, 4.69) is 0 Å². The Hall–Kier alpha value is -2.24. The van der Waals surface area contributed by atoms with Crippen molar-refractivity contribution in [2.45, 2.75) is 25.9 Å². The zero-order valence-corrected chi connectivity index (χ0v) is 12.0. The van der Waals surface area contributed by atoms with E-state index >= 15 is 0 Å². The Balaban J connectivity index is 1.88. The summed E-state index contributed by atoms with van der Waals surface area (Å²) < 4.78 is 5.57. The lowest BCUT2D eigenvalue weighted by molar-refractivity contribution is -0.132. The minimum atomic E-state index is -0.631. The summed E-state index contributed by atoms with van der Waals surface area (Å²) >= 11 is 0. The minimum Gasteiger partial charge on any atom is -0.477 e. The fraction of sp³-hybridized carbons (Fsp3) is 0.467. The topological polar surface area (TPSA) is 75.9 Å². The molecule has 2 N–H and O–H groups in total. The van der Waals surface area contributed by atoms with Crippen molar-refractivity contribution in [3.8, 4) is 5.75 Å². The van der Waals surface area contributed by atoms with E-state index in [0.717, 1.165) is 25.9 Å². The van der Waals surface area contributed by atoms with Crippen LogP contribution >= 0.6 is 0 Å². The molecule has 0 saturated carbocycles. The lowest BCUT2D eigenvalue weighted by atomic mass is 10.1. The molecule has 6 nitrogen and oxygen atoms in total. The number of benzene rings is 1. The molecule has 21 heavy (non-hydrogen) atoms. The number of hydrogen-bond acceptors (Lipinski definition) is 4. The number of fused-ring (bicyclic) bond motifs is 1. The lowest BCUT2D eigenvalue weighted by Crippen LogP contribution is -2.49. The van der Waals surface area contributed by atoms with Gasteiger partial charge in [0.25, 0.3) is 5.91 Å². The van der Waals surface area contributed by atoms with Gasteiger partial charge in [-0.2, -0.15) is 0 Å². The molecule has 1 aromatic carbocycles. The van der Waals surface area contributed by atoms with Crippen molar-refractivity contribution in [1.29, 1.82) is 0 Å². The van der Waals surface area contributed by atoms with E-state index in [4.69, 9.17) is 10.5 Å². The number of nitrogens with zero attached hydrogens (tertiary/aromatic N) is 2. The van der Waals surface area contributed by atoms with Crippen LogP contribution in [0, 0.1) is 0 Å². The highest BCUT2D eigenvalue weighted by molar-refractivity contribution is 6.04. The van der Waals surface area contributed by atoms with E-state index in [9.17, 15) is 9.59 Å². The van der Waals surface area contributed by atoms with Gasteiger partial charge in [-0.1, -0.05) is 6.07 Å². The molecule has 6 heteroatoms. The number of anilines is 2. The third kappa shape index (κ3) is 2.41. The first-order valence-corrected chi connectivity index (χ1v) is 7.22. The fourth-order valence-electron chi connectivity index (χ4n) is 2.81. The number of likely N-dealkylation sites (tertiary alicyclic amines) is 1. The number of rotatable bonds is 2. The standard InChI is InChI=1S/C15H19N3O3/c1-10-15(20)18(9-13(19)17-7-2-3-8-17)12-6-4-5-11(16)14(12)21-10/h4-6,10H,2-3,7-9,16H2,1H3. The molecule has 3 rings (SSSR count). The first kappa shape index (κ1) is 13.7. The van der Waals surface area contributed by atoms with Crippen LogP contribution in [0.3, 0.4) is 0 Å². The van der Waals surface area contributed by atoms with Gasteiger partial charge in [-0.15, -0.1) is 0 Å². The third-order valence-corrected chi connectivity index (χ3v) is 3.98. The normalized spacial score (nSPS) is 21.2. The Kier molecular flexibility index (Phi) is 3.45. The Morgan fingerprint density at radius 3 is 2.81 bits per heavy atom. The Morgan fingerprint density at radius 1 is 1.38 bits per heavy atom. The van der Waals surface area contributed by atoms with Crippen molar-refractivity contribution >= 4 is 23.2 Å². The molecule has 2 heterocycles. The van der Waals surface area contributed by atoms with Gasteiger partial charge in [0.1, 0.15) is 6.54 Å². The maximum atomic E-state index is 12.3. The highest BCUT2D eigenvalue weighted by Crippen LogP contribution is 2.38. The van der Waals surface area contributed by atoms with Crippen molar-refractivity contribution in [2.24, 2.45) is 0 Å². The minimum absolute atomic E-state index is 0.0247. The van der Waals surface area contributed by atoms with Crippen LogP contribution in [0.15, 0.2) is 18.2 Å². The van der Waals surface area contributed by atoms with Gasteiger partial charge >= 0.3 is 0 Å². The van der Waals surface area contributed by atoms with Crippen LogP contribution in [0.25, 0.3) is 0 Å². The average molecular weight is 289 g/mol. The number of nitrogen functional groups attached to an aromatic ring is 1. The van der Waals surface area contributed by atoms with Gasteiger partial charge in [0.15, 0.2) is 11.9 Å². The van der Waals surface area contributed by atoms with E-state index in [1.165, 1.54) is 4.90 Å². The number of carbonyl (C=O) groups excluding carboxylic acids is 2. The SMILES string of the molecule is CC1Oc2c(N)cccc2N(CC(=O)N2CCCC2)C1=O. The van der Waals surface area contributed by atoms with E-state index < -0.39 is 6.10 Å².